The van der Waals surface area contributed by atoms with Crippen LogP contribution in [0.2, 0.25) is 0 Å². The van der Waals surface area contributed by atoms with Crippen molar-refractivity contribution in [3.8, 4) is 0 Å². The molecule has 2 saturated heterocycles. The number of piperidine rings is 1. The summed E-state index contributed by atoms with van der Waals surface area (Å²) in [5.41, 5.74) is 0.677. The van der Waals surface area contributed by atoms with E-state index >= 15 is 0 Å². The molecule has 2 fully saturated rings. The van der Waals surface area contributed by atoms with Gasteiger partial charge in [-0.1, -0.05) is 22.4 Å². The molecule has 7 heteroatoms. The highest BCUT2D eigenvalue weighted by atomic mass is 79.9. The number of rotatable bonds is 7. The summed E-state index contributed by atoms with van der Waals surface area (Å²) >= 11 is 3.42. The maximum atomic E-state index is 13.1. The number of hydrogen-bond acceptors (Lipinski definition) is 4. The normalized spacial score (nSPS) is 18.1. The number of halogens is 1. The molecule has 0 atom stereocenters. The van der Waals surface area contributed by atoms with Gasteiger partial charge in [0.05, 0.1) is 0 Å². The number of carbonyl (C=O) groups is 2. The second kappa shape index (κ2) is 10.9. The van der Waals surface area contributed by atoms with Crippen molar-refractivity contribution >= 4 is 27.7 Å². The van der Waals surface area contributed by atoms with Gasteiger partial charge in [-0.25, -0.2) is 0 Å². The molecular weight excluding hydrogens is 420 g/mol. The highest BCUT2D eigenvalue weighted by Crippen LogP contribution is 2.14. The fourth-order valence-electron chi connectivity index (χ4n) is 3.84. The van der Waals surface area contributed by atoms with Gasteiger partial charge in [-0.3, -0.25) is 9.59 Å². The zero-order valence-corrected chi connectivity index (χ0v) is 18.1. The summed E-state index contributed by atoms with van der Waals surface area (Å²) in [5.74, 6) is 0.158. The second-order valence-corrected chi connectivity index (χ2v) is 8.50. The second-order valence-electron chi connectivity index (χ2n) is 7.58. The maximum absolute atomic E-state index is 13.1. The molecule has 2 heterocycles. The van der Waals surface area contributed by atoms with Crippen molar-refractivity contribution in [3.05, 3.63) is 34.3 Å². The molecule has 0 bridgehead atoms. The minimum atomic E-state index is 0.0117. The summed E-state index contributed by atoms with van der Waals surface area (Å²) in [5, 5.41) is 3.27. The van der Waals surface area contributed by atoms with Crippen LogP contribution in [0.15, 0.2) is 28.7 Å². The third-order valence-corrected chi connectivity index (χ3v) is 6.11. The van der Waals surface area contributed by atoms with Gasteiger partial charge in [-0.05, 0) is 50.2 Å². The Morgan fingerprint density at radius 1 is 0.964 bits per heavy atom. The first-order valence-electron chi connectivity index (χ1n) is 10.4. The molecule has 0 aliphatic carbocycles. The Morgan fingerprint density at radius 2 is 1.64 bits per heavy atom. The quantitative estimate of drug-likeness (QED) is 0.691. The van der Waals surface area contributed by atoms with Crippen LogP contribution in [0.3, 0.4) is 0 Å². The van der Waals surface area contributed by atoms with E-state index in [0.29, 0.717) is 25.1 Å². The fraction of sp³-hybridized carbons (Fsp3) is 0.619. The van der Waals surface area contributed by atoms with Crippen molar-refractivity contribution in [1.82, 2.24) is 20.0 Å². The third-order valence-electron chi connectivity index (χ3n) is 5.58. The summed E-state index contributed by atoms with van der Waals surface area (Å²) in [6, 6.07) is 7.47. The van der Waals surface area contributed by atoms with Crippen LogP contribution in [0.25, 0.3) is 0 Å². The Labute approximate surface area is 176 Å². The van der Waals surface area contributed by atoms with Crippen molar-refractivity contribution in [2.24, 2.45) is 0 Å². The van der Waals surface area contributed by atoms with E-state index < -0.39 is 0 Å². The SMILES string of the molecule is O=C(CCN(CCN1CCCCC1)C(=O)c1ccc(Br)cc1)N1CCNCC1. The molecule has 0 unspecified atom stereocenters. The molecule has 154 valence electrons. The minimum Gasteiger partial charge on any atom is -0.340 e. The van der Waals surface area contributed by atoms with Gasteiger partial charge in [-0.2, -0.15) is 0 Å². The number of piperazine rings is 1. The molecule has 1 N–H and O–H groups in total. The number of nitrogens with zero attached hydrogens (tertiary/aromatic N) is 3. The van der Waals surface area contributed by atoms with Crippen LogP contribution in [0.4, 0.5) is 0 Å². The maximum Gasteiger partial charge on any atom is 0.253 e. The smallest absolute Gasteiger partial charge is 0.253 e. The van der Waals surface area contributed by atoms with Gasteiger partial charge in [0.1, 0.15) is 0 Å². The molecule has 0 saturated carbocycles. The predicted octanol–water partition coefficient (Wildman–Crippen LogP) is 2.20. The standard InChI is InChI=1S/C21H31BrN4O2/c22-19-6-4-18(5-7-19)21(28)26(17-16-24-11-2-1-3-12-24)13-8-20(27)25-14-9-23-10-15-25/h4-7,23H,1-3,8-17H2. The molecule has 28 heavy (non-hydrogen) atoms. The lowest BCUT2D eigenvalue weighted by Gasteiger charge is -2.31. The lowest BCUT2D eigenvalue weighted by molar-refractivity contribution is -0.131. The van der Waals surface area contributed by atoms with Crippen molar-refractivity contribution in [2.45, 2.75) is 25.7 Å². The van der Waals surface area contributed by atoms with Gasteiger partial charge >= 0.3 is 0 Å². The summed E-state index contributed by atoms with van der Waals surface area (Å²) < 4.78 is 0.956. The van der Waals surface area contributed by atoms with Crippen LogP contribution >= 0.6 is 15.9 Å². The number of nitrogens with one attached hydrogen (secondary N) is 1. The summed E-state index contributed by atoms with van der Waals surface area (Å²) in [6.45, 7) is 7.46. The number of hydrogen-bond donors (Lipinski definition) is 1. The first-order valence-corrected chi connectivity index (χ1v) is 11.2. The van der Waals surface area contributed by atoms with E-state index in [1.807, 2.05) is 34.1 Å². The lowest BCUT2D eigenvalue weighted by Crippen LogP contribution is -2.47. The summed E-state index contributed by atoms with van der Waals surface area (Å²) in [6.07, 6.45) is 4.17. The Bertz CT molecular complexity index is 640. The average Bonchev–Trinajstić information content (AvgIpc) is 2.75. The molecule has 2 amide bonds. The fourth-order valence-corrected chi connectivity index (χ4v) is 4.10. The molecule has 2 aliphatic heterocycles. The van der Waals surface area contributed by atoms with E-state index in [0.717, 1.165) is 50.3 Å². The number of carbonyl (C=O) groups excluding carboxylic acids is 2. The van der Waals surface area contributed by atoms with Crippen LogP contribution < -0.4 is 5.32 Å². The van der Waals surface area contributed by atoms with Crippen LogP contribution in [-0.4, -0.2) is 85.4 Å². The molecule has 3 rings (SSSR count). The number of amides is 2. The molecule has 0 aromatic heterocycles. The Hall–Kier alpha value is -1.44. The van der Waals surface area contributed by atoms with Crippen molar-refractivity contribution in [2.75, 3.05) is 58.9 Å². The highest BCUT2D eigenvalue weighted by molar-refractivity contribution is 9.10. The molecule has 1 aromatic carbocycles. The molecule has 2 aliphatic rings. The minimum absolute atomic E-state index is 0.0117. The van der Waals surface area contributed by atoms with Gasteiger partial charge in [-0.15, -0.1) is 0 Å². The van der Waals surface area contributed by atoms with Gasteiger partial charge in [0, 0.05) is 62.3 Å². The van der Waals surface area contributed by atoms with E-state index in [4.69, 9.17) is 0 Å². The Morgan fingerprint density at radius 3 is 2.32 bits per heavy atom. The van der Waals surface area contributed by atoms with E-state index in [2.05, 4.69) is 26.1 Å². The number of likely N-dealkylation sites (tertiary alicyclic amines) is 1. The van der Waals surface area contributed by atoms with Gasteiger partial charge in [0.2, 0.25) is 5.91 Å². The first kappa shape index (κ1) is 21.3. The topological polar surface area (TPSA) is 55.9 Å². The third kappa shape index (κ3) is 6.29. The molecule has 6 nitrogen and oxygen atoms in total. The molecular formula is C21H31BrN4O2. The Kier molecular flexibility index (Phi) is 8.30. The summed E-state index contributed by atoms with van der Waals surface area (Å²) in [7, 11) is 0. The van der Waals surface area contributed by atoms with Crippen LogP contribution in [-0.2, 0) is 4.79 Å². The average molecular weight is 451 g/mol. The Balaban J connectivity index is 1.59. The summed E-state index contributed by atoms with van der Waals surface area (Å²) in [4.78, 5) is 31.8. The molecule has 1 aromatic rings. The van der Waals surface area contributed by atoms with Crippen LogP contribution in [0.5, 0.6) is 0 Å². The van der Waals surface area contributed by atoms with Crippen molar-refractivity contribution < 1.29 is 9.59 Å². The zero-order chi connectivity index (χ0) is 19.8. The highest BCUT2D eigenvalue weighted by Gasteiger charge is 2.21. The van der Waals surface area contributed by atoms with Crippen molar-refractivity contribution in [1.29, 1.82) is 0 Å². The first-order chi connectivity index (χ1) is 13.6. The van der Waals surface area contributed by atoms with Gasteiger partial charge < -0.3 is 20.0 Å². The van der Waals surface area contributed by atoms with E-state index in [1.54, 1.807) is 0 Å². The zero-order valence-electron chi connectivity index (χ0n) is 16.5. The molecule has 0 spiro atoms. The van der Waals surface area contributed by atoms with E-state index in [9.17, 15) is 9.59 Å². The van der Waals surface area contributed by atoms with E-state index in [1.165, 1.54) is 19.3 Å². The lowest BCUT2D eigenvalue weighted by atomic mass is 10.1. The van der Waals surface area contributed by atoms with E-state index in [-0.39, 0.29) is 11.8 Å². The van der Waals surface area contributed by atoms with Crippen LogP contribution in [0.1, 0.15) is 36.0 Å². The largest absolute Gasteiger partial charge is 0.340 e. The predicted molar refractivity (Wildman–Crippen MR) is 114 cm³/mol. The van der Waals surface area contributed by atoms with Crippen molar-refractivity contribution in [3.63, 3.8) is 0 Å². The van der Waals surface area contributed by atoms with Gasteiger partial charge in [0.25, 0.3) is 5.91 Å². The van der Waals surface area contributed by atoms with Gasteiger partial charge in [0.15, 0.2) is 0 Å². The van der Waals surface area contributed by atoms with Crippen LogP contribution in [0, 0.1) is 0 Å². The molecule has 0 radical (unpaired) electrons. The monoisotopic (exact) mass is 450 g/mol. The number of benzene rings is 1.